The van der Waals surface area contributed by atoms with Crippen LogP contribution >= 0.6 is 23.2 Å². The maximum atomic E-state index is 12.1. The first kappa shape index (κ1) is 18.3. The molecule has 2 aromatic rings. The number of hydrogen-bond acceptors (Lipinski definition) is 2. The van der Waals surface area contributed by atoms with Gasteiger partial charge in [-0.05, 0) is 29.7 Å². The topological polar surface area (TPSA) is 58.2 Å². The third kappa shape index (κ3) is 4.73. The zero-order valence-corrected chi connectivity index (χ0v) is 14.9. The van der Waals surface area contributed by atoms with Crippen molar-refractivity contribution in [2.45, 2.75) is 26.2 Å². The highest BCUT2D eigenvalue weighted by atomic mass is 35.5. The Bertz CT molecular complexity index is 740. The number of amides is 2. The van der Waals surface area contributed by atoms with E-state index in [1.165, 1.54) is 0 Å². The summed E-state index contributed by atoms with van der Waals surface area (Å²) in [5.41, 5.74) is 2.03. The second-order valence-corrected chi connectivity index (χ2v) is 6.43. The fourth-order valence-electron chi connectivity index (χ4n) is 2.26. The Balaban J connectivity index is 2.01. The summed E-state index contributed by atoms with van der Waals surface area (Å²) in [6.45, 7) is 4.08. The molecule has 0 unspecified atom stereocenters. The van der Waals surface area contributed by atoms with Crippen molar-refractivity contribution in [2.75, 3.05) is 10.6 Å². The summed E-state index contributed by atoms with van der Waals surface area (Å²) < 4.78 is 0. The van der Waals surface area contributed by atoms with Crippen LogP contribution in [-0.2, 0) is 9.59 Å². The molecule has 0 spiro atoms. The molecule has 0 heterocycles. The molecule has 0 fully saturated rings. The number of hydrogen-bond donors (Lipinski definition) is 2. The molecule has 24 heavy (non-hydrogen) atoms. The van der Waals surface area contributed by atoms with Crippen molar-refractivity contribution in [3.63, 3.8) is 0 Å². The van der Waals surface area contributed by atoms with E-state index < -0.39 is 11.8 Å². The average molecular weight is 365 g/mol. The van der Waals surface area contributed by atoms with Gasteiger partial charge >= 0.3 is 0 Å². The SMILES string of the molecule is CC(C)c1ccccc1NC(=O)CC(=O)Nc1c(Cl)cccc1Cl. The van der Waals surface area contributed by atoms with Crippen LogP contribution in [-0.4, -0.2) is 11.8 Å². The van der Waals surface area contributed by atoms with Crippen LogP contribution < -0.4 is 10.6 Å². The average Bonchev–Trinajstić information content (AvgIpc) is 2.51. The summed E-state index contributed by atoms with van der Waals surface area (Å²) in [5.74, 6) is -0.620. The van der Waals surface area contributed by atoms with E-state index in [1.807, 2.05) is 38.1 Å². The molecule has 0 saturated heterocycles. The highest BCUT2D eigenvalue weighted by Gasteiger charge is 2.15. The van der Waals surface area contributed by atoms with Gasteiger partial charge in [0, 0.05) is 5.69 Å². The molecular weight excluding hydrogens is 347 g/mol. The summed E-state index contributed by atoms with van der Waals surface area (Å²) >= 11 is 12.0. The molecule has 0 aliphatic carbocycles. The van der Waals surface area contributed by atoms with Gasteiger partial charge in [0.25, 0.3) is 0 Å². The fourth-order valence-corrected chi connectivity index (χ4v) is 2.75. The summed E-state index contributed by atoms with van der Waals surface area (Å²) in [6, 6.07) is 12.4. The number of carbonyl (C=O) groups is 2. The van der Waals surface area contributed by atoms with Gasteiger partial charge in [0.2, 0.25) is 11.8 Å². The Morgan fingerprint density at radius 2 is 1.50 bits per heavy atom. The predicted molar refractivity (Wildman–Crippen MR) is 98.9 cm³/mol. The first-order valence-corrected chi connectivity index (χ1v) is 8.26. The molecule has 0 atom stereocenters. The highest BCUT2D eigenvalue weighted by molar-refractivity contribution is 6.39. The second kappa shape index (κ2) is 8.18. The Kier molecular flexibility index (Phi) is 6.23. The van der Waals surface area contributed by atoms with E-state index in [0.29, 0.717) is 21.4 Å². The molecule has 0 radical (unpaired) electrons. The first-order valence-electron chi connectivity index (χ1n) is 7.51. The van der Waals surface area contributed by atoms with Gasteiger partial charge in [0.15, 0.2) is 0 Å². The van der Waals surface area contributed by atoms with E-state index in [1.54, 1.807) is 18.2 Å². The first-order chi connectivity index (χ1) is 11.4. The van der Waals surface area contributed by atoms with Crippen LogP contribution in [0, 0.1) is 0 Å². The van der Waals surface area contributed by atoms with Gasteiger partial charge in [-0.25, -0.2) is 0 Å². The van der Waals surface area contributed by atoms with Crippen LogP contribution in [0.2, 0.25) is 10.0 Å². The number of anilines is 2. The van der Waals surface area contributed by atoms with Crippen molar-refractivity contribution in [3.8, 4) is 0 Å². The van der Waals surface area contributed by atoms with Gasteiger partial charge in [-0.2, -0.15) is 0 Å². The third-order valence-electron chi connectivity index (χ3n) is 3.41. The molecule has 6 heteroatoms. The monoisotopic (exact) mass is 364 g/mol. The third-order valence-corrected chi connectivity index (χ3v) is 4.04. The molecular formula is C18H18Cl2N2O2. The standard InChI is InChI=1S/C18H18Cl2N2O2/c1-11(2)12-6-3-4-9-15(12)21-16(23)10-17(24)22-18-13(19)7-5-8-14(18)20/h3-9,11H,10H2,1-2H3,(H,21,23)(H,22,24). The van der Waals surface area contributed by atoms with Crippen molar-refractivity contribution in [3.05, 3.63) is 58.1 Å². The van der Waals surface area contributed by atoms with Gasteiger partial charge in [0.05, 0.1) is 15.7 Å². The lowest BCUT2D eigenvalue weighted by molar-refractivity contribution is -0.123. The largest absolute Gasteiger partial charge is 0.325 e. The minimum Gasteiger partial charge on any atom is -0.325 e. The second-order valence-electron chi connectivity index (χ2n) is 5.61. The maximum Gasteiger partial charge on any atom is 0.233 e. The lowest BCUT2D eigenvalue weighted by Gasteiger charge is -2.14. The minimum atomic E-state index is -0.482. The Morgan fingerprint density at radius 1 is 0.917 bits per heavy atom. The van der Waals surface area contributed by atoms with Gasteiger partial charge in [0.1, 0.15) is 6.42 Å². The number of benzene rings is 2. The van der Waals surface area contributed by atoms with Crippen LogP contribution in [0.1, 0.15) is 31.7 Å². The number of halogens is 2. The molecule has 2 amide bonds. The van der Waals surface area contributed by atoms with Crippen molar-refractivity contribution < 1.29 is 9.59 Å². The molecule has 0 saturated carbocycles. The van der Waals surface area contributed by atoms with Crippen LogP contribution in [0.15, 0.2) is 42.5 Å². The quantitative estimate of drug-likeness (QED) is 0.726. The number of nitrogens with one attached hydrogen (secondary N) is 2. The Labute approximate surface area is 151 Å². The number of rotatable bonds is 5. The van der Waals surface area contributed by atoms with E-state index in [0.717, 1.165) is 5.56 Å². The molecule has 0 aromatic heterocycles. The lowest BCUT2D eigenvalue weighted by Crippen LogP contribution is -2.22. The zero-order valence-electron chi connectivity index (χ0n) is 13.4. The summed E-state index contributed by atoms with van der Waals surface area (Å²) in [7, 11) is 0. The molecule has 2 N–H and O–H groups in total. The minimum absolute atomic E-state index is 0.261. The lowest BCUT2D eigenvalue weighted by atomic mass is 10.0. The number of para-hydroxylation sites is 2. The molecule has 4 nitrogen and oxygen atoms in total. The smallest absolute Gasteiger partial charge is 0.233 e. The Hall–Kier alpha value is -2.04. The summed E-state index contributed by atoms with van der Waals surface area (Å²) in [6.07, 6.45) is -0.325. The predicted octanol–water partition coefficient (Wildman–Crippen LogP) is 5.08. The Morgan fingerprint density at radius 3 is 2.12 bits per heavy atom. The summed E-state index contributed by atoms with van der Waals surface area (Å²) in [5, 5.41) is 5.98. The van der Waals surface area contributed by atoms with E-state index in [-0.39, 0.29) is 12.3 Å². The molecule has 0 aliphatic rings. The molecule has 2 aromatic carbocycles. The van der Waals surface area contributed by atoms with Gasteiger partial charge in [-0.15, -0.1) is 0 Å². The number of carbonyl (C=O) groups excluding carboxylic acids is 2. The summed E-state index contributed by atoms with van der Waals surface area (Å²) in [4.78, 5) is 24.2. The van der Waals surface area contributed by atoms with Crippen LogP contribution in [0.3, 0.4) is 0 Å². The van der Waals surface area contributed by atoms with Crippen molar-refractivity contribution in [2.24, 2.45) is 0 Å². The van der Waals surface area contributed by atoms with Crippen LogP contribution in [0.25, 0.3) is 0 Å². The van der Waals surface area contributed by atoms with E-state index in [9.17, 15) is 9.59 Å². The maximum absolute atomic E-state index is 12.1. The molecule has 0 bridgehead atoms. The fraction of sp³-hybridized carbons (Fsp3) is 0.222. The van der Waals surface area contributed by atoms with E-state index in [4.69, 9.17) is 23.2 Å². The van der Waals surface area contributed by atoms with Gasteiger partial charge < -0.3 is 10.6 Å². The van der Waals surface area contributed by atoms with Crippen LogP contribution in [0.5, 0.6) is 0 Å². The molecule has 2 rings (SSSR count). The van der Waals surface area contributed by atoms with Gasteiger partial charge in [-0.1, -0.05) is 61.3 Å². The van der Waals surface area contributed by atoms with Crippen molar-refractivity contribution in [1.29, 1.82) is 0 Å². The van der Waals surface area contributed by atoms with Gasteiger partial charge in [-0.3, -0.25) is 9.59 Å². The van der Waals surface area contributed by atoms with Crippen molar-refractivity contribution >= 4 is 46.4 Å². The molecule has 126 valence electrons. The van der Waals surface area contributed by atoms with E-state index >= 15 is 0 Å². The normalized spacial score (nSPS) is 10.5. The van der Waals surface area contributed by atoms with Crippen LogP contribution in [0.4, 0.5) is 11.4 Å². The van der Waals surface area contributed by atoms with Crippen molar-refractivity contribution in [1.82, 2.24) is 0 Å². The van der Waals surface area contributed by atoms with E-state index in [2.05, 4.69) is 10.6 Å². The zero-order chi connectivity index (χ0) is 17.7. The highest BCUT2D eigenvalue weighted by Crippen LogP contribution is 2.30. The molecule has 0 aliphatic heterocycles.